The second kappa shape index (κ2) is 7.05. The standard InChI is InChI=1S/C11H15BrN2O6S/c1-3-4-14(6-9(15)13-2)21(18,19)8-5-7(11(16)17)20-10(8)12/h5H,3-4,6H2,1-2H3,(H,13,15)(H,16,17). The number of amides is 1. The minimum Gasteiger partial charge on any atom is -0.475 e. The first-order valence-corrected chi connectivity index (χ1v) is 8.20. The maximum absolute atomic E-state index is 12.5. The van der Waals surface area contributed by atoms with E-state index in [9.17, 15) is 18.0 Å². The fourth-order valence-electron chi connectivity index (χ4n) is 1.55. The molecule has 10 heteroatoms. The number of likely N-dealkylation sites (N-methyl/N-ethyl adjacent to an activating group) is 1. The number of carbonyl (C=O) groups excluding carboxylic acids is 1. The van der Waals surface area contributed by atoms with Gasteiger partial charge < -0.3 is 14.8 Å². The molecule has 0 spiro atoms. The average Bonchev–Trinajstić information content (AvgIpc) is 2.81. The lowest BCUT2D eigenvalue weighted by molar-refractivity contribution is -0.120. The quantitative estimate of drug-likeness (QED) is 0.722. The van der Waals surface area contributed by atoms with Crippen molar-refractivity contribution in [1.29, 1.82) is 0 Å². The Morgan fingerprint density at radius 3 is 2.52 bits per heavy atom. The Hall–Kier alpha value is -1.39. The largest absolute Gasteiger partial charge is 0.475 e. The predicted molar refractivity (Wildman–Crippen MR) is 76.5 cm³/mol. The van der Waals surface area contributed by atoms with Gasteiger partial charge in [-0.1, -0.05) is 6.92 Å². The molecule has 8 nitrogen and oxygen atoms in total. The monoisotopic (exact) mass is 382 g/mol. The van der Waals surface area contributed by atoms with Crippen LogP contribution in [0.3, 0.4) is 0 Å². The number of nitrogens with zero attached hydrogens (tertiary/aromatic N) is 1. The third-order valence-electron chi connectivity index (χ3n) is 2.56. The number of nitrogens with one attached hydrogen (secondary N) is 1. The van der Waals surface area contributed by atoms with Gasteiger partial charge in [-0.25, -0.2) is 13.2 Å². The number of carboxylic acid groups (broad SMARTS) is 1. The second-order valence-corrected chi connectivity index (χ2v) is 6.69. The van der Waals surface area contributed by atoms with Crippen LogP contribution in [0.5, 0.6) is 0 Å². The zero-order valence-electron chi connectivity index (χ0n) is 11.4. The zero-order valence-corrected chi connectivity index (χ0v) is 13.8. The number of rotatable bonds is 7. The van der Waals surface area contributed by atoms with Crippen LogP contribution in [0.1, 0.15) is 23.9 Å². The van der Waals surface area contributed by atoms with Gasteiger partial charge in [-0.15, -0.1) is 0 Å². The van der Waals surface area contributed by atoms with Gasteiger partial charge in [-0.3, -0.25) is 4.79 Å². The first-order valence-electron chi connectivity index (χ1n) is 5.97. The van der Waals surface area contributed by atoms with E-state index in [2.05, 4.69) is 21.2 Å². The molecule has 0 radical (unpaired) electrons. The number of aromatic carboxylic acids is 1. The highest BCUT2D eigenvalue weighted by molar-refractivity contribution is 9.10. The summed E-state index contributed by atoms with van der Waals surface area (Å²) in [7, 11) is -2.65. The Kier molecular flexibility index (Phi) is 5.93. The van der Waals surface area contributed by atoms with Crippen LogP contribution in [0, 0.1) is 0 Å². The normalized spacial score (nSPS) is 11.6. The van der Waals surface area contributed by atoms with E-state index < -0.39 is 27.7 Å². The molecule has 0 aliphatic heterocycles. The third kappa shape index (κ3) is 4.05. The van der Waals surface area contributed by atoms with Crippen molar-refractivity contribution in [2.24, 2.45) is 0 Å². The van der Waals surface area contributed by atoms with Crippen LogP contribution in [0.2, 0.25) is 0 Å². The third-order valence-corrected chi connectivity index (χ3v) is 5.26. The van der Waals surface area contributed by atoms with Crippen LogP contribution in [-0.2, 0) is 14.8 Å². The van der Waals surface area contributed by atoms with Gasteiger partial charge in [0.15, 0.2) is 4.67 Å². The fraction of sp³-hybridized carbons (Fsp3) is 0.455. The lowest BCUT2D eigenvalue weighted by Gasteiger charge is -2.19. The molecule has 0 aliphatic carbocycles. The molecule has 0 bridgehead atoms. The van der Waals surface area contributed by atoms with Crippen molar-refractivity contribution in [3.05, 3.63) is 16.5 Å². The summed E-state index contributed by atoms with van der Waals surface area (Å²) in [5.41, 5.74) is 0. The number of sulfonamides is 1. The number of carboxylic acids is 1. The van der Waals surface area contributed by atoms with Gasteiger partial charge in [0.2, 0.25) is 21.7 Å². The van der Waals surface area contributed by atoms with Crippen LogP contribution in [-0.4, -0.2) is 49.8 Å². The highest BCUT2D eigenvalue weighted by Gasteiger charge is 2.31. The smallest absolute Gasteiger partial charge is 0.371 e. The van der Waals surface area contributed by atoms with E-state index in [0.29, 0.717) is 6.42 Å². The molecule has 0 saturated carbocycles. The second-order valence-electron chi connectivity index (χ2n) is 4.07. The van der Waals surface area contributed by atoms with Crippen molar-refractivity contribution in [1.82, 2.24) is 9.62 Å². The maximum atomic E-state index is 12.5. The minimum atomic E-state index is -4.04. The summed E-state index contributed by atoms with van der Waals surface area (Å²) in [6.45, 7) is 1.53. The van der Waals surface area contributed by atoms with Crippen LogP contribution in [0.25, 0.3) is 0 Å². The maximum Gasteiger partial charge on any atom is 0.371 e. The Morgan fingerprint density at radius 2 is 2.10 bits per heavy atom. The van der Waals surface area contributed by atoms with Crippen molar-refractivity contribution < 1.29 is 27.5 Å². The van der Waals surface area contributed by atoms with Crippen molar-refractivity contribution in [3.63, 3.8) is 0 Å². The molecule has 1 aromatic heterocycles. The van der Waals surface area contributed by atoms with Gasteiger partial charge >= 0.3 is 5.97 Å². The molecule has 0 saturated heterocycles. The molecule has 0 atom stereocenters. The zero-order chi connectivity index (χ0) is 16.2. The Labute approximate surface area is 130 Å². The summed E-state index contributed by atoms with van der Waals surface area (Å²) < 4.78 is 30.6. The minimum absolute atomic E-state index is 0.121. The summed E-state index contributed by atoms with van der Waals surface area (Å²) in [6, 6.07) is 0.911. The highest BCUT2D eigenvalue weighted by Crippen LogP contribution is 2.28. The summed E-state index contributed by atoms with van der Waals surface area (Å²) in [5.74, 6) is -2.35. The molecule has 1 heterocycles. The Bertz CT molecular complexity index is 639. The van der Waals surface area contributed by atoms with Crippen LogP contribution >= 0.6 is 15.9 Å². The van der Waals surface area contributed by atoms with E-state index >= 15 is 0 Å². The topological polar surface area (TPSA) is 117 Å². The van der Waals surface area contributed by atoms with Gasteiger partial charge in [-0.2, -0.15) is 4.31 Å². The van der Waals surface area contributed by atoms with Gasteiger partial charge in [0, 0.05) is 19.7 Å². The number of carbonyl (C=O) groups is 2. The van der Waals surface area contributed by atoms with E-state index in [1.807, 2.05) is 0 Å². The molecule has 21 heavy (non-hydrogen) atoms. The molecule has 0 unspecified atom stereocenters. The molecular weight excluding hydrogens is 368 g/mol. The highest BCUT2D eigenvalue weighted by atomic mass is 79.9. The van der Waals surface area contributed by atoms with Crippen molar-refractivity contribution >= 4 is 37.8 Å². The number of furan rings is 1. The molecule has 1 amide bonds. The first kappa shape index (κ1) is 17.7. The van der Waals surface area contributed by atoms with Gasteiger partial charge in [0.25, 0.3) is 0 Å². The van der Waals surface area contributed by atoms with Crippen molar-refractivity contribution in [2.45, 2.75) is 18.2 Å². The van der Waals surface area contributed by atoms with Crippen LogP contribution in [0.15, 0.2) is 20.0 Å². The molecule has 2 N–H and O–H groups in total. The lowest BCUT2D eigenvalue weighted by Crippen LogP contribution is -2.40. The molecule has 0 aromatic carbocycles. The van der Waals surface area contributed by atoms with Gasteiger partial charge in [0.1, 0.15) is 4.90 Å². The SMILES string of the molecule is CCCN(CC(=O)NC)S(=O)(=O)c1cc(C(=O)O)oc1Br. The summed E-state index contributed by atoms with van der Waals surface area (Å²) in [6.07, 6.45) is 0.498. The molecule has 1 aromatic rings. The lowest BCUT2D eigenvalue weighted by atomic mass is 10.4. The van der Waals surface area contributed by atoms with E-state index in [4.69, 9.17) is 9.52 Å². The molecule has 0 aliphatic rings. The van der Waals surface area contributed by atoms with E-state index in [1.54, 1.807) is 6.92 Å². The summed E-state index contributed by atoms with van der Waals surface area (Å²) in [5, 5.41) is 11.2. The van der Waals surface area contributed by atoms with E-state index in [0.717, 1.165) is 10.4 Å². The number of hydrogen-bond donors (Lipinski definition) is 2. The summed E-state index contributed by atoms with van der Waals surface area (Å²) >= 11 is 2.89. The van der Waals surface area contributed by atoms with E-state index in [1.165, 1.54) is 7.05 Å². The first-order chi connectivity index (χ1) is 9.73. The summed E-state index contributed by atoms with van der Waals surface area (Å²) in [4.78, 5) is 21.9. The van der Waals surface area contributed by atoms with Crippen molar-refractivity contribution in [2.75, 3.05) is 20.1 Å². The Balaban J connectivity index is 3.22. The number of hydrogen-bond acceptors (Lipinski definition) is 5. The Morgan fingerprint density at radius 1 is 1.48 bits per heavy atom. The predicted octanol–water partition coefficient (Wildman–Crippen LogP) is 0.887. The van der Waals surface area contributed by atoms with Crippen LogP contribution < -0.4 is 5.32 Å². The van der Waals surface area contributed by atoms with Gasteiger partial charge in [0.05, 0.1) is 6.54 Å². The fourth-order valence-corrected chi connectivity index (χ4v) is 3.94. The van der Waals surface area contributed by atoms with E-state index in [-0.39, 0.29) is 22.7 Å². The van der Waals surface area contributed by atoms with Crippen LogP contribution in [0.4, 0.5) is 0 Å². The molecule has 118 valence electrons. The molecule has 1 rings (SSSR count). The van der Waals surface area contributed by atoms with Gasteiger partial charge in [-0.05, 0) is 22.4 Å². The number of halogens is 1. The van der Waals surface area contributed by atoms with Crippen molar-refractivity contribution in [3.8, 4) is 0 Å². The molecular formula is C11H15BrN2O6S. The average molecular weight is 383 g/mol. The molecule has 0 fully saturated rings.